The highest BCUT2D eigenvalue weighted by Crippen LogP contribution is 2.45. The Labute approximate surface area is 154 Å². The summed E-state index contributed by atoms with van der Waals surface area (Å²) >= 11 is 6.22. The molecule has 1 saturated carbocycles. The molecule has 0 unspecified atom stereocenters. The van der Waals surface area contributed by atoms with Crippen molar-refractivity contribution in [2.75, 3.05) is 18.4 Å². The minimum Gasteiger partial charge on any atom is -0.339 e. The number of hydrogen-bond acceptors (Lipinski definition) is 2. The number of fused-ring (bicyclic) bond motifs is 2. The van der Waals surface area contributed by atoms with E-state index < -0.39 is 0 Å². The van der Waals surface area contributed by atoms with Gasteiger partial charge in [-0.1, -0.05) is 23.8 Å². The highest BCUT2D eigenvalue weighted by atomic mass is 35.5. The highest BCUT2D eigenvalue weighted by molar-refractivity contribution is 6.33. The fourth-order valence-electron chi connectivity index (χ4n) is 4.02. The Balaban J connectivity index is 1.67. The summed E-state index contributed by atoms with van der Waals surface area (Å²) in [6.45, 7) is 5.20. The van der Waals surface area contributed by atoms with Gasteiger partial charge in [-0.15, -0.1) is 0 Å². The molecule has 3 rings (SSSR count). The largest absolute Gasteiger partial charge is 0.339 e. The van der Waals surface area contributed by atoms with Crippen LogP contribution >= 0.6 is 11.6 Å². The molecule has 1 fully saturated rings. The molecule has 0 radical (unpaired) electrons. The molecule has 2 aliphatic carbocycles. The van der Waals surface area contributed by atoms with Gasteiger partial charge in [0, 0.05) is 25.1 Å². The van der Waals surface area contributed by atoms with Crippen LogP contribution in [0.1, 0.15) is 43.5 Å². The van der Waals surface area contributed by atoms with Crippen molar-refractivity contribution in [1.82, 2.24) is 4.90 Å². The van der Waals surface area contributed by atoms with E-state index in [0.29, 0.717) is 53.5 Å². The number of nitrogens with one attached hydrogen (secondary N) is 1. The number of carbonyl (C=O) groups is 2. The average Bonchev–Trinajstić information content (AvgIpc) is 3.20. The van der Waals surface area contributed by atoms with Crippen LogP contribution in [-0.2, 0) is 4.79 Å². The molecule has 0 aromatic heterocycles. The first-order valence-electron chi connectivity index (χ1n) is 9.08. The Kier molecular flexibility index (Phi) is 5.48. The van der Waals surface area contributed by atoms with Crippen molar-refractivity contribution in [1.29, 1.82) is 0 Å². The zero-order chi connectivity index (χ0) is 18.0. The third kappa shape index (κ3) is 3.90. The van der Waals surface area contributed by atoms with Crippen LogP contribution in [-0.4, -0.2) is 29.8 Å². The van der Waals surface area contributed by atoms with Crippen LogP contribution in [0.15, 0.2) is 30.4 Å². The van der Waals surface area contributed by atoms with Crippen LogP contribution < -0.4 is 5.32 Å². The summed E-state index contributed by atoms with van der Waals surface area (Å²) in [5, 5.41) is 3.36. The van der Waals surface area contributed by atoms with Crippen molar-refractivity contribution in [3.8, 4) is 0 Å². The molecule has 0 aliphatic heterocycles. The van der Waals surface area contributed by atoms with E-state index in [4.69, 9.17) is 11.6 Å². The summed E-state index contributed by atoms with van der Waals surface area (Å²) in [6, 6.07) is 5.06. The standard InChI is InChI=1S/C20H25ClN2O2/c1-3-23(4-2)20(25)15-7-8-17(21)18(11-15)22-19(24)12-16-10-13-5-6-14(16)9-13/h5-8,11,13-14,16H,3-4,9-10,12H2,1-2H3,(H,22,24)/t13-,14+,16+/m1/s1. The number of halogens is 1. The van der Waals surface area contributed by atoms with Crippen molar-refractivity contribution in [3.63, 3.8) is 0 Å². The van der Waals surface area contributed by atoms with Crippen molar-refractivity contribution in [2.24, 2.45) is 17.8 Å². The first-order chi connectivity index (χ1) is 12.0. The minimum absolute atomic E-state index is 0.0275. The monoisotopic (exact) mass is 360 g/mol. The average molecular weight is 361 g/mol. The second-order valence-electron chi connectivity index (χ2n) is 6.96. The van der Waals surface area contributed by atoms with Gasteiger partial charge < -0.3 is 10.2 Å². The predicted octanol–water partition coefficient (Wildman–Crippen LogP) is 4.36. The van der Waals surface area contributed by atoms with Crippen molar-refractivity contribution < 1.29 is 9.59 Å². The van der Waals surface area contributed by atoms with E-state index in [2.05, 4.69) is 17.5 Å². The number of carbonyl (C=O) groups excluding carboxylic acids is 2. The van der Waals surface area contributed by atoms with Crippen molar-refractivity contribution in [3.05, 3.63) is 40.9 Å². The van der Waals surface area contributed by atoms with Gasteiger partial charge in [0.05, 0.1) is 10.7 Å². The van der Waals surface area contributed by atoms with E-state index >= 15 is 0 Å². The van der Waals surface area contributed by atoms with Crippen LogP contribution in [0, 0.1) is 17.8 Å². The van der Waals surface area contributed by atoms with Gasteiger partial charge in [0.1, 0.15) is 0 Å². The number of nitrogens with zero attached hydrogens (tertiary/aromatic N) is 1. The maximum absolute atomic E-state index is 12.5. The van der Waals surface area contributed by atoms with E-state index in [1.165, 1.54) is 6.42 Å². The third-order valence-corrected chi connectivity index (χ3v) is 5.73. The van der Waals surface area contributed by atoms with Gasteiger partial charge in [0.25, 0.3) is 5.91 Å². The van der Waals surface area contributed by atoms with Crippen LogP contribution in [0.3, 0.4) is 0 Å². The zero-order valence-corrected chi connectivity index (χ0v) is 15.6. The zero-order valence-electron chi connectivity index (χ0n) is 14.8. The van der Waals surface area contributed by atoms with Gasteiger partial charge >= 0.3 is 0 Å². The summed E-state index contributed by atoms with van der Waals surface area (Å²) < 4.78 is 0. The molecule has 3 atom stereocenters. The molecule has 0 spiro atoms. The van der Waals surface area contributed by atoms with Crippen molar-refractivity contribution in [2.45, 2.75) is 33.1 Å². The van der Waals surface area contributed by atoms with Gasteiger partial charge in [-0.3, -0.25) is 9.59 Å². The lowest BCUT2D eigenvalue weighted by Crippen LogP contribution is -2.30. The summed E-state index contributed by atoms with van der Waals surface area (Å²) in [6.07, 6.45) is 7.33. The molecule has 4 nitrogen and oxygen atoms in total. The molecular formula is C20H25ClN2O2. The molecule has 2 bridgehead atoms. The van der Waals surface area contributed by atoms with Gasteiger partial charge in [-0.05, 0) is 62.6 Å². The maximum Gasteiger partial charge on any atom is 0.253 e. The van der Waals surface area contributed by atoms with E-state index in [-0.39, 0.29) is 11.8 Å². The first-order valence-corrected chi connectivity index (χ1v) is 9.46. The molecule has 2 amide bonds. The van der Waals surface area contributed by atoms with E-state index in [1.807, 2.05) is 13.8 Å². The number of hydrogen-bond donors (Lipinski definition) is 1. The molecule has 1 N–H and O–H groups in total. The molecule has 1 aromatic carbocycles. The second-order valence-corrected chi connectivity index (χ2v) is 7.37. The molecule has 134 valence electrons. The fraction of sp³-hybridized carbons (Fsp3) is 0.500. The number of amides is 2. The van der Waals surface area contributed by atoms with Gasteiger partial charge in [0.2, 0.25) is 5.91 Å². The lowest BCUT2D eigenvalue weighted by atomic mass is 9.90. The van der Waals surface area contributed by atoms with Crippen molar-refractivity contribution >= 4 is 29.1 Å². The van der Waals surface area contributed by atoms with E-state index in [1.54, 1.807) is 23.1 Å². The predicted molar refractivity (Wildman–Crippen MR) is 101 cm³/mol. The number of anilines is 1. The topological polar surface area (TPSA) is 49.4 Å². The summed E-state index contributed by atoms with van der Waals surface area (Å²) in [5.41, 5.74) is 1.06. The van der Waals surface area contributed by atoms with Gasteiger partial charge in [-0.2, -0.15) is 0 Å². The molecule has 0 heterocycles. The van der Waals surface area contributed by atoms with Gasteiger partial charge in [-0.25, -0.2) is 0 Å². The number of rotatable bonds is 6. The quantitative estimate of drug-likeness (QED) is 0.766. The molecule has 2 aliphatic rings. The number of benzene rings is 1. The Morgan fingerprint density at radius 2 is 1.96 bits per heavy atom. The molecule has 25 heavy (non-hydrogen) atoms. The fourth-order valence-corrected chi connectivity index (χ4v) is 4.18. The van der Waals surface area contributed by atoms with Gasteiger partial charge in [0.15, 0.2) is 0 Å². The Morgan fingerprint density at radius 3 is 2.56 bits per heavy atom. The molecule has 0 saturated heterocycles. The molecular weight excluding hydrogens is 336 g/mol. The Bertz CT molecular complexity index is 697. The SMILES string of the molecule is CCN(CC)C(=O)c1ccc(Cl)c(NC(=O)C[C@@H]2C[C@@H]3C=C[C@H]2C3)c1. The smallest absolute Gasteiger partial charge is 0.253 e. The first kappa shape index (κ1) is 18.0. The van der Waals surface area contributed by atoms with E-state index in [9.17, 15) is 9.59 Å². The summed E-state index contributed by atoms with van der Waals surface area (Å²) in [7, 11) is 0. The summed E-state index contributed by atoms with van der Waals surface area (Å²) in [4.78, 5) is 26.7. The lowest BCUT2D eigenvalue weighted by Gasteiger charge is -2.20. The molecule has 1 aromatic rings. The van der Waals surface area contributed by atoms with E-state index in [0.717, 1.165) is 6.42 Å². The second kappa shape index (κ2) is 7.61. The summed E-state index contributed by atoms with van der Waals surface area (Å²) in [5.74, 6) is 1.55. The third-order valence-electron chi connectivity index (χ3n) is 5.40. The van der Waals surface area contributed by atoms with Crippen LogP contribution in [0.2, 0.25) is 5.02 Å². The van der Waals surface area contributed by atoms with Crippen LogP contribution in [0.4, 0.5) is 5.69 Å². The number of allylic oxidation sites excluding steroid dienone is 2. The Morgan fingerprint density at radius 1 is 1.20 bits per heavy atom. The Hall–Kier alpha value is -1.81. The highest BCUT2D eigenvalue weighted by Gasteiger charge is 2.36. The van der Waals surface area contributed by atoms with Crippen LogP contribution in [0.5, 0.6) is 0 Å². The normalized spacial score (nSPS) is 23.7. The van der Waals surface area contributed by atoms with Crippen LogP contribution in [0.25, 0.3) is 0 Å². The molecule has 5 heteroatoms. The lowest BCUT2D eigenvalue weighted by molar-refractivity contribution is -0.117. The maximum atomic E-state index is 12.5. The minimum atomic E-state index is -0.0459.